The maximum Gasteiger partial charge on any atom is 0.328 e. The molecule has 0 saturated carbocycles. The first kappa shape index (κ1) is 20.6. The van der Waals surface area contributed by atoms with Crippen molar-refractivity contribution in [3.63, 3.8) is 0 Å². The van der Waals surface area contributed by atoms with Crippen molar-refractivity contribution in [1.29, 1.82) is 0 Å². The molecule has 0 radical (unpaired) electrons. The molecule has 0 fully saturated rings. The van der Waals surface area contributed by atoms with Gasteiger partial charge < -0.3 is 23.7 Å². The summed E-state index contributed by atoms with van der Waals surface area (Å²) in [6.45, 7) is 2.53. The van der Waals surface area contributed by atoms with E-state index in [-0.39, 0.29) is 6.79 Å². The van der Waals surface area contributed by atoms with Gasteiger partial charge in [0.15, 0.2) is 11.5 Å². The third kappa shape index (κ3) is 4.25. The van der Waals surface area contributed by atoms with E-state index in [1.54, 1.807) is 6.08 Å². The molecule has 0 amide bonds. The minimum absolute atomic E-state index is 0.220. The number of hydrogen-bond acceptors (Lipinski definition) is 6. The molecule has 3 aromatic carbocycles. The number of aliphatic carboxylic acids is 1. The standard InChI is InChI=1S/C26H21NO6/c1-16-21(27-26(33-16)18-8-10-23-24(14-18)32-15-31-23)12-13-30-22-7-3-5-19-17(9-11-25(28)29)4-2-6-20(19)22/h2-11,14H,12-13,15H2,1H3,(H,28,29)/b11-9+. The summed E-state index contributed by atoms with van der Waals surface area (Å²) in [5, 5.41) is 10.8. The van der Waals surface area contributed by atoms with Crippen LogP contribution in [-0.2, 0) is 11.2 Å². The fourth-order valence-electron chi connectivity index (χ4n) is 3.81. The van der Waals surface area contributed by atoms with E-state index >= 15 is 0 Å². The molecule has 0 bridgehead atoms. The van der Waals surface area contributed by atoms with Crippen molar-refractivity contribution in [2.45, 2.75) is 13.3 Å². The smallest absolute Gasteiger partial charge is 0.328 e. The molecule has 1 N–H and O–H groups in total. The molecule has 0 spiro atoms. The summed E-state index contributed by atoms with van der Waals surface area (Å²) < 4.78 is 22.7. The normalized spacial score (nSPS) is 12.5. The average molecular weight is 443 g/mol. The number of carboxylic acids is 1. The Hall–Kier alpha value is -4.26. The number of rotatable bonds is 7. The summed E-state index contributed by atoms with van der Waals surface area (Å²) >= 11 is 0. The fraction of sp³-hybridized carbons (Fsp3) is 0.154. The number of benzene rings is 3. The van der Waals surface area contributed by atoms with Gasteiger partial charge in [0.25, 0.3) is 0 Å². The van der Waals surface area contributed by atoms with Crippen LogP contribution in [0.4, 0.5) is 0 Å². The Morgan fingerprint density at radius 1 is 1.09 bits per heavy atom. The first-order valence-corrected chi connectivity index (χ1v) is 10.5. The first-order chi connectivity index (χ1) is 16.1. The van der Waals surface area contributed by atoms with Gasteiger partial charge >= 0.3 is 5.97 Å². The first-order valence-electron chi connectivity index (χ1n) is 10.5. The fourth-order valence-corrected chi connectivity index (χ4v) is 3.81. The van der Waals surface area contributed by atoms with Gasteiger partial charge in [0.05, 0.1) is 12.3 Å². The number of carbonyl (C=O) groups is 1. The molecular formula is C26H21NO6. The monoisotopic (exact) mass is 443 g/mol. The van der Waals surface area contributed by atoms with E-state index in [0.717, 1.165) is 45.2 Å². The van der Waals surface area contributed by atoms with Gasteiger partial charge in [-0.3, -0.25) is 0 Å². The van der Waals surface area contributed by atoms with Crippen LogP contribution in [0.15, 0.2) is 65.1 Å². The highest BCUT2D eigenvalue weighted by Gasteiger charge is 2.17. The van der Waals surface area contributed by atoms with Crippen molar-refractivity contribution < 1.29 is 28.5 Å². The van der Waals surface area contributed by atoms with Gasteiger partial charge in [-0.25, -0.2) is 9.78 Å². The van der Waals surface area contributed by atoms with E-state index in [9.17, 15) is 4.79 Å². The predicted octanol–water partition coefficient (Wildman–Crippen LogP) is 5.25. The number of oxazole rings is 1. The SMILES string of the molecule is Cc1oc(-c2ccc3c(c2)OCO3)nc1CCOc1cccc2c(/C=C/C(=O)O)cccc12. The Bertz CT molecular complexity index is 1370. The Labute approximate surface area is 189 Å². The molecule has 7 heteroatoms. The molecule has 1 aliphatic rings. The van der Waals surface area contributed by atoms with Crippen LogP contribution < -0.4 is 14.2 Å². The second-order valence-corrected chi connectivity index (χ2v) is 7.56. The number of aryl methyl sites for hydroxylation is 1. The van der Waals surface area contributed by atoms with Gasteiger partial charge in [0.2, 0.25) is 12.7 Å². The highest BCUT2D eigenvalue weighted by molar-refractivity contribution is 5.97. The zero-order valence-corrected chi connectivity index (χ0v) is 17.9. The molecule has 1 aromatic heterocycles. The second kappa shape index (κ2) is 8.70. The van der Waals surface area contributed by atoms with E-state index in [2.05, 4.69) is 4.98 Å². The van der Waals surface area contributed by atoms with Gasteiger partial charge in [0, 0.05) is 23.4 Å². The number of nitrogens with zero attached hydrogens (tertiary/aromatic N) is 1. The van der Waals surface area contributed by atoms with Crippen molar-refractivity contribution >= 4 is 22.8 Å². The van der Waals surface area contributed by atoms with E-state index < -0.39 is 5.97 Å². The topological polar surface area (TPSA) is 91.0 Å². The van der Waals surface area contributed by atoms with Crippen molar-refractivity contribution in [2.75, 3.05) is 13.4 Å². The summed E-state index contributed by atoms with van der Waals surface area (Å²) in [5.74, 6) is 2.41. The molecular weight excluding hydrogens is 422 g/mol. The quantitative estimate of drug-likeness (QED) is 0.390. The summed E-state index contributed by atoms with van der Waals surface area (Å²) in [4.78, 5) is 15.5. The minimum Gasteiger partial charge on any atom is -0.493 e. The Morgan fingerprint density at radius 2 is 1.91 bits per heavy atom. The third-order valence-corrected chi connectivity index (χ3v) is 5.43. The van der Waals surface area contributed by atoms with Gasteiger partial charge in [-0.1, -0.05) is 30.3 Å². The number of aromatic nitrogens is 1. The maximum atomic E-state index is 10.9. The van der Waals surface area contributed by atoms with Crippen LogP contribution in [0.5, 0.6) is 17.2 Å². The lowest BCUT2D eigenvalue weighted by Crippen LogP contribution is -2.03. The van der Waals surface area contributed by atoms with Crippen molar-refractivity contribution in [1.82, 2.24) is 4.98 Å². The highest BCUT2D eigenvalue weighted by atomic mass is 16.7. The molecule has 1 aliphatic heterocycles. The molecule has 33 heavy (non-hydrogen) atoms. The molecule has 4 aromatic rings. The number of fused-ring (bicyclic) bond motifs is 2. The van der Waals surface area contributed by atoms with Crippen LogP contribution in [-0.4, -0.2) is 29.5 Å². The average Bonchev–Trinajstić information content (AvgIpc) is 3.43. The molecule has 2 heterocycles. The summed E-state index contributed by atoms with van der Waals surface area (Å²) in [6, 6.07) is 17.1. The summed E-state index contributed by atoms with van der Waals surface area (Å²) in [6.07, 6.45) is 3.30. The number of carboxylic acid groups (broad SMARTS) is 1. The summed E-state index contributed by atoms with van der Waals surface area (Å²) in [7, 11) is 0. The van der Waals surface area contributed by atoms with Crippen LogP contribution in [0.3, 0.4) is 0 Å². The van der Waals surface area contributed by atoms with Gasteiger partial charge in [0.1, 0.15) is 11.5 Å². The number of hydrogen-bond donors (Lipinski definition) is 1. The number of ether oxygens (including phenoxy) is 3. The highest BCUT2D eigenvalue weighted by Crippen LogP contribution is 2.36. The molecule has 5 rings (SSSR count). The van der Waals surface area contributed by atoms with E-state index in [1.807, 2.05) is 61.5 Å². The predicted molar refractivity (Wildman–Crippen MR) is 123 cm³/mol. The van der Waals surface area contributed by atoms with Crippen LogP contribution in [0, 0.1) is 6.92 Å². The van der Waals surface area contributed by atoms with Gasteiger partial charge in [-0.15, -0.1) is 0 Å². The lowest BCUT2D eigenvalue weighted by Gasteiger charge is -2.10. The van der Waals surface area contributed by atoms with Crippen LogP contribution >= 0.6 is 0 Å². The third-order valence-electron chi connectivity index (χ3n) is 5.43. The van der Waals surface area contributed by atoms with E-state index in [1.165, 1.54) is 0 Å². The Morgan fingerprint density at radius 3 is 2.79 bits per heavy atom. The maximum absolute atomic E-state index is 10.9. The van der Waals surface area contributed by atoms with E-state index in [0.29, 0.717) is 30.4 Å². The Balaban J connectivity index is 1.31. The lowest BCUT2D eigenvalue weighted by molar-refractivity contribution is -0.131. The minimum atomic E-state index is -0.984. The molecule has 0 aliphatic carbocycles. The van der Waals surface area contributed by atoms with Crippen LogP contribution in [0.1, 0.15) is 17.0 Å². The lowest BCUT2D eigenvalue weighted by atomic mass is 10.0. The second-order valence-electron chi connectivity index (χ2n) is 7.56. The zero-order valence-electron chi connectivity index (χ0n) is 17.9. The van der Waals surface area contributed by atoms with E-state index in [4.69, 9.17) is 23.7 Å². The van der Waals surface area contributed by atoms with Crippen LogP contribution in [0.25, 0.3) is 28.3 Å². The largest absolute Gasteiger partial charge is 0.493 e. The molecule has 0 unspecified atom stereocenters. The molecule has 0 atom stereocenters. The van der Waals surface area contributed by atoms with Gasteiger partial charge in [-0.05, 0) is 48.2 Å². The van der Waals surface area contributed by atoms with Crippen LogP contribution in [0.2, 0.25) is 0 Å². The van der Waals surface area contributed by atoms with Crippen molar-refractivity contribution in [3.8, 4) is 28.7 Å². The molecule has 7 nitrogen and oxygen atoms in total. The molecule has 166 valence electrons. The Kier molecular flexibility index (Phi) is 5.44. The van der Waals surface area contributed by atoms with Crippen molar-refractivity contribution in [3.05, 3.63) is 77.7 Å². The zero-order chi connectivity index (χ0) is 22.8. The molecule has 0 saturated heterocycles. The summed E-state index contributed by atoms with van der Waals surface area (Å²) in [5.41, 5.74) is 2.47. The van der Waals surface area contributed by atoms with Gasteiger partial charge in [-0.2, -0.15) is 0 Å². The van der Waals surface area contributed by atoms with Crippen molar-refractivity contribution in [2.24, 2.45) is 0 Å².